The maximum atomic E-state index is 12.2. The van der Waals surface area contributed by atoms with Gasteiger partial charge in [-0.15, -0.1) is 0 Å². The molecular formula is C21H24N2O4. The highest BCUT2D eigenvalue weighted by molar-refractivity contribution is 5.95. The molecule has 2 amide bonds. The van der Waals surface area contributed by atoms with Crippen molar-refractivity contribution in [1.29, 1.82) is 0 Å². The van der Waals surface area contributed by atoms with E-state index in [0.29, 0.717) is 19.7 Å². The molecule has 1 heterocycles. The Morgan fingerprint density at radius 3 is 2.81 bits per heavy atom. The Morgan fingerprint density at radius 2 is 2.04 bits per heavy atom. The molecule has 2 aromatic rings. The van der Waals surface area contributed by atoms with Gasteiger partial charge >= 0.3 is 0 Å². The molecule has 1 fully saturated rings. The van der Waals surface area contributed by atoms with Gasteiger partial charge in [-0.1, -0.05) is 30.3 Å². The molecule has 0 aliphatic carbocycles. The Bertz CT molecular complexity index is 779. The van der Waals surface area contributed by atoms with Gasteiger partial charge < -0.3 is 19.7 Å². The molecule has 1 saturated heterocycles. The molecule has 0 radical (unpaired) electrons. The van der Waals surface area contributed by atoms with Crippen LogP contribution in [-0.4, -0.2) is 44.2 Å². The van der Waals surface area contributed by atoms with Crippen molar-refractivity contribution < 1.29 is 19.1 Å². The molecule has 6 nitrogen and oxygen atoms in total. The van der Waals surface area contributed by atoms with Gasteiger partial charge in [0.1, 0.15) is 12.4 Å². The van der Waals surface area contributed by atoms with E-state index in [2.05, 4.69) is 5.32 Å². The van der Waals surface area contributed by atoms with E-state index < -0.39 is 0 Å². The standard InChI is InChI=1S/C21H24N2O4/c1-16-6-5-7-17(12-16)23-14-19(27-15-21(23)25)13-22-20(24)10-11-26-18-8-3-2-4-9-18/h2-9,12,19H,10-11,13-15H2,1H3,(H,22,24). The summed E-state index contributed by atoms with van der Waals surface area (Å²) in [6.45, 7) is 3.10. The van der Waals surface area contributed by atoms with Crippen molar-refractivity contribution in [2.45, 2.75) is 19.4 Å². The van der Waals surface area contributed by atoms with Crippen LogP contribution in [0.1, 0.15) is 12.0 Å². The summed E-state index contributed by atoms with van der Waals surface area (Å²) in [5, 5.41) is 2.85. The first-order valence-corrected chi connectivity index (χ1v) is 9.05. The molecule has 142 valence electrons. The fourth-order valence-electron chi connectivity index (χ4n) is 2.89. The summed E-state index contributed by atoms with van der Waals surface area (Å²) in [4.78, 5) is 25.9. The predicted octanol–water partition coefficient (Wildman–Crippen LogP) is 2.31. The second-order valence-corrected chi connectivity index (χ2v) is 6.49. The lowest BCUT2D eigenvalue weighted by Crippen LogP contribution is -2.50. The molecule has 27 heavy (non-hydrogen) atoms. The summed E-state index contributed by atoms with van der Waals surface area (Å²) in [5.74, 6) is 0.571. The first-order valence-electron chi connectivity index (χ1n) is 9.05. The summed E-state index contributed by atoms with van der Waals surface area (Å²) >= 11 is 0. The Balaban J connectivity index is 1.43. The minimum Gasteiger partial charge on any atom is -0.493 e. The van der Waals surface area contributed by atoms with Crippen LogP contribution in [0.3, 0.4) is 0 Å². The lowest BCUT2D eigenvalue weighted by Gasteiger charge is -2.33. The molecular weight excluding hydrogens is 344 g/mol. The minimum absolute atomic E-state index is 0.0194. The molecule has 3 rings (SSSR count). The summed E-state index contributed by atoms with van der Waals surface area (Å²) in [5.41, 5.74) is 1.95. The number of ether oxygens (including phenoxy) is 2. The second kappa shape index (κ2) is 9.19. The van der Waals surface area contributed by atoms with E-state index >= 15 is 0 Å². The molecule has 1 unspecified atom stereocenters. The first kappa shape index (κ1) is 18.9. The first-order chi connectivity index (χ1) is 13.1. The van der Waals surface area contributed by atoms with Crippen molar-refractivity contribution in [2.24, 2.45) is 0 Å². The average molecular weight is 368 g/mol. The summed E-state index contributed by atoms with van der Waals surface area (Å²) < 4.78 is 11.1. The summed E-state index contributed by atoms with van der Waals surface area (Å²) in [7, 11) is 0. The van der Waals surface area contributed by atoms with Crippen LogP contribution in [0.2, 0.25) is 0 Å². The van der Waals surface area contributed by atoms with E-state index in [1.54, 1.807) is 4.90 Å². The van der Waals surface area contributed by atoms with Crippen LogP contribution < -0.4 is 15.0 Å². The topological polar surface area (TPSA) is 67.9 Å². The number of morpholine rings is 1. The average Bonchev–Trinajstić information content (AvgIpc) is 2.68. The lowest BCUT2D eigenvalue weighted by atomic mass is 10.1. The third-order valence-corrected chi connectivity index (χ3v) is 4.31. The Kier molecular flexibility index (Phi) is 6.44. The van der Waals surface area contributed by atoms with E-state index in [1.807, 2.05) is 61.5 Å². The van der Waals surface area contributed by atoms with E-state index in [4.69, 9.17) is 9.47 Å². The van der Waals surface area contributed by atoms with Crippen LogP contribution in [0.25, 0.3) is 0 Å². The van der Waals surface area contributed by atoms with Crippen LogP contribution >= 0.6 is 0 Å². The zero-order chi connectivity index (χ0) is 19.1. The minimum atomic E-state index is -0.234. The van der Waals surface area contributed by atoms with Gasteiger partial charge in [-0.2, -0.15) is 0 Å². The number of rotatable bonds is 7. The number of hydrogen-bond donors (Lipinski definition) is 1. The molecule has 1 N–H and O–H groups in total. The Morgan fingerprint density at radius 1 is 1.22 bits per heavy atom. The monoisotopic (exact) mass is 368 g/mol. The zero-order valence-corrected chi connectivity index (χ0v) is 15.4. The van der Waals surface area contributed by atoms with E-state index in [0.717, 1.165) is 17.0 Å². The highest BCUT2D eigenvalue weighted by Gasteiger charge is 2.27. The number of nitrogens with zero attached hydrogens (tertiary/aromatic N) is 1. The van der Waals surface area contributed by atoms with Crippen molar-refractivity contribution in [1.82, 2.24) is 5.32 Å². The fraction of sp³-hybridized carbons (Fsp3) is 0.333. The van der Waals surface area contributed by atoms with E-state index in [1.165, 1.54) is 0 Å². The molecule has 0 bridgehead atoms. The van der Waals surface area contributed by atoms with Gasteiger partial charge in [0.15, 0.2) is 0 Å². The highest BCUT2D eigenvalue weighted by atomic mass is 16.5. The van der Waals surface area contributed by atoms with Crippen molar-refractivity contribution in [2.75, 3.05) is 31.2 Å². The predicted molar refractivity (Wildman–Crippen MR) is 103 cm³/mol. The molecule has 1 aliphatic heterocycles. The number of aryl methyl sites for hydroxylation is 1. The number of nitrogens with one attached hydrogen (secondary N) is 1. The number of amides is 2. The lowest BCUT2D eigenvalue weighted by molar-refractivity contribution is -0.129. The van der Waals surface area contributed by atoms with Crippen molar-refractivity contribution in [3.05, 3.63) is 60.2 Å². The quantitative estimate of drug-likeness (QED) is 0.814. The SMILES string of the molecule is Cc1cccc(N2CC(CNC(=O)CCOc3ccccc3)OCC2=O)c1. The highest BCUT2D eigenvalue weighted by Crippen LogP contribution is 2.19. The largest absolute Gasteiger partial charge is 0.493 e. The molecule has 2 aromatic carbocycles. The molecule has 0 aromatic heterocycles. The van der Waals surface area contributed by atoms with Crippen LogP contribution in [0, 0.1) is 6.92 Å². The van der Waals surface area contributed by atoms with Gasteiger partial charge in [0.05, 0.1) is 25.7 Å². The van der Waals surface area contributed by atoms with Crippen molar-refractivity contribution in [3.8, 4) is 5.75 Å². The zero-order valence-electron chi connectivity index (χ0n) is 15.4. The summed E-state index contributed by atoms with van der Waals surface area (Å²) in [6, 6.07) is 17.2. The van der Waals surface area contributed by atoms with Crippen LogP contribution in [-0.2, 0) is 14.3 Å². The molecule has 1 aliphatic rings. The second-order valence-electron chi connectivity index (χ2n) is 6.49. The number of hydrogen-bond acceptors (Lipinski definition) is 4. The van der Waals surface area contributed by atoms with Crippen molar-refractivity contribution in [3.63, 3.8) is 0 Å². The van der Waals surface area contributed by atoms with Crippen LogP contribution in [0.4, 0.5) is 5.69 Å². The molecule has 1 atom stereocenters. The number of para-hydroxylation sites is 1. The molecule has 0 saturated carbocycles. The smallest absolute Gasteiger partial charge is 0.253 e. The number of benzene rings is 2. The van der Waals surface area contributed by atoms with Gasteiger partial charge in [0.25, 0.3) is 5.91 Å². The molecule has 0 spiro atoms. The van der Waals surface area contributed by atoms with Gasteiger partial charge in [0.2, 0.25) is 5.91 Å². The Labute approximate surface area is 159 Å². The Hall–Kier alpha value is -2.86. The maximum Gasteiger partial charge on any atom is 0.253 e. The van der Waals surface area contributed by atoms with E-state index in [-0.39, 0.29) is 30.9 Å². The molecule has 6 heteroatoms. The third-order valence-electron chi connectivity index (χ3n) is 4.31. The number of anilines is 1. The summed E-state index contributed by atoms with van der Waals surface area (Å²) in [6.07, 6.45) is 0.0319. The maximum absolute atomic E-state index is 12.2. The van der Waals surface area contributed by atoms with Crippen LogP contribution in [0.5, 0.6) is 5.75 Å². The number of carbonyl (C=O) groups excluding carboxylic acids is 2. The van der Waals surface area contributed by atoms with Gasteiger partial charge in [0, 0.05) is 12.2 Å². The van der Waals surface area contributed by atoms with Gasteiger partial charge in [-0.05, 0) is 36.8 Å². The van der Waals surface area contributed by atoms with Gasteiger partial charge in [-0.25, -0.2) is 0 Å². The van der Waals surface area contributed by atoms with E-state index in [9.17, 15) is 9.59 Å². The fourth-order valence-corrected chi connectivity index (χ4v) is 2.89. The normalized spacial score (nSPS) is 16.9. The van der Waals surface area contributed by atoms with Crippen LogP contribution in [0.15, 0.2) is 54.6 Å². The van der Waals surface area contributed by atoms with Crippen molar-refractivity contribution >= 4 is 17.5 Å². The third kappa shape index (κ3) is 5.56. The number of carbonyl (C=O) groups is 2. The van der Waals surface area contributed by atoms with Gasteiger partial charge in [-0.3, -0.25) is 9.59 Å².